The van der Waals surface area contributed by atoms with Gasteiger partial charge in [-0.15, -0.1) is 11.3 Å². The summed E-state index contributed by atoms with van der Waals surface area (Å²) in [6.07, 6.45) is 2.06. The average molecular weight is 347 g/mol. The van der Waals surface area contributed by atoms with E-state index in [1.54, 1.807) is 6.20 Å². The van der Waals surface area contributed by atoms with Gasteiger partial charge >= 0.3 is 0 Å². The number of rotatable bonds is 4. The van der Waals surface area contributed by atoms with E-state index in [2.05, 4.69) is 15.3 Å². The summed E-state index contributed by atoms with van der Waals surface area (Å²) in [6, 6.07) is 7.54. The fourth-order valence-electron chi connectivity index (χ4n) is 2.13. The number of nitrogens with one attached hydrogen (secondary N) is 1. The Morgan fingerprint density at radius 3 is 2.78 bits per heavy atom. The quantitative estimate of drug-likeness (QED) is 0.765. The van der Waals surface area contributed by atoms with Gasteiger partial charge in [0.05, 0.1) is 11.9 Å². The molecule has 0 aliphatic rings. The number of amides is 1. The summed E-state index contributed by atoms with van der Waals surface area (Å²) in [6.45, 7) is 3.69. The predicted molar refractivity (Wildman–Crippen MR) is 93.3 cm³/mol. The fraction of sp³-hybridized carbons (Fsp3) is 0.188. The Labute approximate surface area is 143 Å². The van der Waals surface area contributed by atoms with E-state index in [1.807, 2.05) is 48.1 Å². The van der Waals surface area contributed by atoms with E-state index in [0.717, 1.165) is 22.2 Å². The van der Waals surface area contributed by atoms with Crippen molar-refractivity contribution >= 4 is 34.7 Å². The van der Waals surface area contributed by atoms with Crippen molar-refractivity contribution in [2.75, 3.05) is 5.32 Å². The van der Waals surface area contributed by atoms with Crippen LogP contribution in [0.15, 0.2) is 35.8 Å². The topological polar surface area (TPSA) is 59.8 Å². The first-order valence-electron chi connectivity index (χ1n) is 7.14. The summed E-state index contributed by atoms with van der Waals surface area (Å²) in [5.74, 6) is 1.35. The van der Waals surface area contributed by atoms with E-state index in [-0.39, 0.29) is 5.91 Å². The third-order valence-corrected chi connectivity index (χ3v) is 4.43. The lowest BCUT2D eigenvalue weighted by atomic mass is 10.2. The molecule has 0 saturated carbocycles. The largest absolute Gasteiger partial charge is 0.310 e. The van der Waals surface area contributed by atoms with Gasteiger partial charge in [-0.05, 0) is 19.1 Å². The third-order valence-electron chi connectivity index (χ3n) is 3.35. The van der Waals surface area contributed by atoms with Crippen LogP contribution in [0.1, 0.15) is 19.2 Å². The molecule has 2 heterocycles. The molecule has 0 spiro atoms. The number of halogens is 1. The molecular formula is C16H15ClN4OS. The van der Waals surface area contributed by atoms with Crippen LogP contribution in [0.3, 0.4) is 0 Å². The van der Waals surface area contributed by atoms with Gasteiger partial charge in [-0.25, -0.2) is 9.97 Å². The van der Waals surface area contributed by atoms with Crippen molar-refractivity contribution in [1.29, 1.82) is 0 Å². The Bertz CT molecular complexity index is 838. The number of thiazole rings is 1. The number of nitrogens with zero attached hydrogens (tertiary/aromatic N) is 3. The van der Waals surface area contributed by atoms with Crippen molar-refractivity contribution in [3.8, 4) is 16.4 Å². The van der Waals surface area contributed by atoms with Crippen LogP contribution < -0.4 is 5.32 Å². The van der Waals surface area contributed by atoms with E-state index in [1.165, 1.54) is 11.3 Å². The standard InChI is InChI=1S/C16H15ClN4OS/c1-3-15(22)20-14-8-18-10(2)21(14)16-19-13(9-23-16)11-4-6-12(17)7-5-11/h4-9H,3H2,1-2H3,(H,20,22). The minimum Gasteiger partial charge on any atom is -0.310 e. The molecule has 0 aliphatic heterocycles. The van der Waals surface area contributed by atoms with Crippen molar-refractivity contribution in [2.45, 2.75) is 20.3 Å². The summed E-state index contributed by atoms with van der Waals surface area (Å²) >= 11 is 7.42. The van der Waals surface area contributed by atoms with Crippen LogP contribution in [0.2, 0.25) is 5.02 Å². The monoisotopic (exact) mass is 346 g/mol. The van der Waals surface area contributed by atoms with Gasteiger partial charge in [0.1, 0.15) is 11.6 Å². The summed E-state index contributed by atoms with van der Waals surface area (Å²) in [7, 11) is 0. The highest BCUT2D eigenvalue weighted by molar-refractivity contribution is 7.12. The summed E-state index contributed by atoms with van der Waals surface area (Å²) in [4.78, 5) is 20.6. The molecule has 23 heavy (non-hydrogen) atoms. The normalized spacial score (nSPS) is 10.7. The molecule has 1 aromatic carbocycles. The first kappa shape index (κ1) is 15.7. The maximum atomic E-state index is 11.7. The third kappa shape index (κ3) is 3.28. The second kappa shape index (κ2) is 6.52. The molecule has 3 rings (SSSR count). The van der Waals surface area contributed by atoms with Crippen LogP contribution in [-0.4, -0.2) is 20.4 Å². The van der Waals surface area contributed by atoms with Crippen molar-refractivity contribution in [3.05, 3.63) is 46.7 Å². The molecule has 118 valence electrons. The summed E-state index contributed by atoms with van der Waals surface area (Å²) in [5.41, 5.74) is 1.86. The van der Waals surface area contributed by atoms with Gasteiger partial charge in [-0.2, -0.15) is 0 Å². The van der Waals surface area contributed by atoms with Gasteiger partial charge in [0, 0.05) is 22.4 Å². The van der Waals surface area contributed by atoms with Crippen LogP contribution in [0.4, 0.5) is 5.82 Å². The zero-order valence-corrected chi connectivity index (χ0v) is 14.3. The van der Waals surface area contributed by atoms with Crippen molar-refractivity contribution in [2.24, 2.45) is 0 Å². The van der Waals surface area contributed by atoms with Crippen LogP contribution in [-0.2, 0) is 4.79 Å². The van der Waals surface area contributed by atoms with Crippen molar-refractivity contribution in [1.82, 2.24) is 14.5 Å². The smallest absolute Gasteiger partial charge is 0.225 e. The fourth-order valence-corrected chi connectivity index (χ4v) is 3.14. The predicted octanol–water partition coefficient (Wildman–Crippen LogP) is 4.31. The minimum absolute atomic E-state index is 0.0550. The SMILES string of the molecule is CCC(=O)Nc1cnc(C)n1-c1nc(-c2ccc(Cl)cc2)cs1. The number of aryl methyl sites for hydroxylation is 1. The zero-order valence-electron chi connectivity index (χ0n) is 12.7. The maximum Gasteiger partial charge on any atom is 0.225 e. The van der Waals surface area contributed by atoms with Gasteiger partial charge < -0.3 is 5.32 Å². The number of benzene rings is 1. The average Bonchev–Trinajstić information content (AvgIpc) is 3.15. The van der Waals surface area contributed by atoms with Gasteiger partial charge in [0.25, 0.3) is 0 Å². The number of anilines is 1. The van der Waals surface area contributed by atoms with E-state index in [4.69, 9.17) is 11.6 Å². The molecule has 0 atom stereocenters. The first-order chi connectivity index (χ1) is 11.1. The number of aromatic nitrogens is 3. The van der Waals surface area contributed by atoms with Crippen LogP contribution in [0.5, 0.6) is 0 Å². The Morgan fingerprint density at radius 2 is 2.09 bits per heavy atom. The molecule has 0 bridgehead atoms. The molecule has 0 saturated heterocycles. The van der Waals surface area contributed by atoms with Crippen LogP contribution in [0.25, 0.3) is 16.4 Å². The highest BCUT2D eigenvalue weighted by Gasteiger charge is 2.14. The van der Waals surface area contributed by atoms with Crippen LogP contribution >= 0.6 is 22.9 Å². The molecule has 3 aromatic rings. The van der Waals surface area contributed by atoms with E-state index in [0.29, 0.717) is 17.3 Å². The molecule has 1 amide bonds. The zero-order chi connectivity index (χ0) is 16.4. The Kier molecular flexibility index (Phi) is 4.45. The highest BCUT2D eigenvalue weighted by Crippen LogP contribution is 2.28. The second-order valence-corrected chi connectivity index (χ2v) is 6.22. The molecule has 5 nitrogen and oxygen atoms in total. The Morgan fingerprint density at radius 1 is 1.35 bits per heavy atom. The lowest BCUT2D eigenvalue weighted by Crippen LogP contribution is -2.13. The summed E-state index contributed by atoms with van der Waals surface area (Å²) < 4.78 is 1.84. The lowest BCUT2D eigenvalue weighted by molar-refractivity contribution is -0.115. The van der Waals surface area contributed by atoms with Crippen molar-refractivity contribution in [3.63, 3.8) is 0 Å². The van der Waals surface area contributed by atoms with Gasteiger partial charge in [-0.1, -0.05) is 30.7 Å². The minimum atomic E-state index is -0.0550. The maximum absolute atomic E-state index is 11.7. The number of hydrogen-bond acceptors (Lipinski definition) is 4. The highest BCUT2D eigenvalue weighted by atomic mass is 35.5. The summed E-state index contributed by atoms with van der Waals surface area (Å²) in [5, 5.41) is 6.28. The van der Waals surface area contributed by atoms with Gasteiger partial charge in [-0.3, -0.25) is 9.36 Å². The number of carbonyl (C=O) groups is 1. The first-order valence-corrected chi connectivity index (χ1v) is 8.40. The van der Waals surface area contributed by atoms with E-state index < -0.39 is 0 Å². The molecule has 0 fully saturated rings. The molecule has 1 N–H and O–H groups in total. The molecule has 0 radical (unpaired) electrons. The molecule has 7 heteroatoms. The second-order valence-electron chi connectivity index (χ2n) is 4.95. The van der Waals surface area contributed by atoms with E-state index in [9.17, 15) is 4.79 Å². The molecular weight excluding hydrogens is 332 g/mol. The number of imidazole rings is 1. The van der Waals surface area contributed by atoms with Crippen LogP contribution in [0, 0.1) is 6.92 Å². The van der Waals surface area contributed by atoms with Gasteiger partial charge in [0.2, 0.25) is 5.91 Å². The molecule has 2 aromatic heterocycles. The molecule has 0 unspecified atom stereocenters. The van der Waals surface area contributed by atoms with Gasteiger partial charge in [0.15, 0.2) is 5.13 Å². The number of carbonyl (C=O) groups excluding carboxylic acids is 1. The van der Waals surface area contributed by atoms with Crippen molar-refractivity contribution < 1.29 is 4.79 Å². The number of hydrogen-bond donors (Lipinski definition) is 1. The van der Waals surface area contributed by atoms with E-state index >= 15 is 0 Å². The molecule has 0 aliphatic carbocycles. The Hall–Kier alpha value is -2.18. The Balaban J connectivity index is 1.96. The lowest BCUT2D eigenvalue weighted by Gasteiger charge is -2.07.